The van der Waals surface area contributed by atoms with E-state index in [1.807, 2.05) is 0 Å². The lowest BCUT2D eigenvalue weighted by molar-refractivity contribution is -0.138. The summed E-state index contributed by atoms with van der Waals surface area (Å²) >= 11 is 0. The van der Waals surface area contributed by atoms with E-state index in [4.69, 9.17) is 5.73 Å². The molecular formula is C10H10F3NO3. The molecule has 3 N–H and O–H groups in total. The summed E-state index contributed by atoms with van der Waals surface area (Å²) in [5, 5.41) is 9.53. The molecule has 0 aromatic heterocycles. The molecule has 0 heterocycles. The monoisotopic (exact) mass is 249 g/mol. The van der Waals surface area contributed by atoms with Crippen LogP contribution < -0.4 is 10.5 Å². The second-order valence-corrected chi connectivity index (χ2v) is 3.16. The van der Waals surface area contributed by atoms with Gasteiger partial charge in [-0.3, -0.25) is 4.79 Å². The molecule has 0 aliphatic rings. The second kappa shape index (κ2) is 4.62. The Balaban J connectivity index is 3.52. The van der Waals surface area contributed by atoms with Gasteiger partial charge >= 0.3 is 6.18 Å². The first kappa shape index (κ1) is 13.3. The SMILES string of the molecule is COc1ccc(C(F)(F)F)c(C(=O)CN)c1O. The number of rotatable bonds is 3. The van der Waals surface area contributed by atoms with Gasteiger partial charge in [0.05, 0.1) is 24.8 Å². The standard InChI is InChI=1S/C10H10F3NO3/c1-17-7-3-2-5(10(11,12)13)8(9(7)16)6(15)4-14/h2-3,16H,4,14H2,1H3. The summed E-state index contributed by atoms with van der Waals surface area (Å²) in [6, 6.07) is 1.60. The van der Waals surface area contributed by atoms with Crippen LogP contribution in [0.1, 0.15) is 15.9 Å². The fraction of sp³-hybridized carbons (Fsp3) is 0.300. The van der Waals surface area contributed by atoms with E-state index < -0.39 is 35.4 Å². The molecule has 0 atom stereocenters. The van der Waals surface area contributed by atoms with Crippen molar-refractivity contribution in [3.63, 3.8) is 0 Å². The van der Waals surface area contributed by atoms with E-state index in [0.29, 0.717) is 6.07 Å². The third-order valence-electron chi connectivity index (χ3n) is 2.13. The van der Waals surface area contributed by atoms with E-state index in [1.54, 1.807) is 0 Å². The first-order chi connectivity index (χ1) is 7.82. The van der Waals surface area contributed by atoms with E-state index in [0.717, 1.165) is 6.07 Å². The van der Waals surface area contributed by atoms with Crippen molar-refractivity contribution in [3.8, 4) is 11.5 Å². The predicted octanol–water partition coefficient (Wildman–Crippen LogP) is 1.56. The number of hydrogen-bond donors (Lipinski definition) is 2. The molecule has 0 aliphatic carbocycles. The van der Waals surface area contributed by atoms with Crippen LogP contribution in [0.2, 0.25) is 0 Å². The van der Waals surface area contributed by atoms with Crippen LogP contribution in [0.3, 0.4) is 0 Å². The zero-order chi connectivity index (χ0) is 13.2. The Hall–Kier alpha value is -1.76. The van der Waals surface area contributed by atoms with E-state index in [1.165, 1.54) is 7.11 Å². The van der Waals surface area contributed by atoms with Crippen molar-refractivity contribution in [2.24, 2.45) is 5.73 Å². The molecule has 0 unspecified atom stereocenters. The van der Waals surface area contributed by atoms with Crippen LogP contribution in [0.4, 0.5) is 13.2 Å². The van der Waals surface area contributed by atoms with E-state index in [2.05, 4.69) is 4.74 Å². The largest absolute Gasteiger partial charge is 0.504 e. The number of phenols is 1. The molecule has 0 aliphatic heterocycles. The highest BCUT2D eigenvalue weighted by molar-refractivity contribution is 6.02. The lowest BCUT2D eigenvalue weighted by atomic mass is 10.0. The predicted molar refractivity (Wildman–Crippen MR) is 53.0 cm³/mol. The van der Waals surface area contributed by atoms with Crippen LogP contribution in [0.5, 0.6) is 11.5 Å². The van der Waals surface area contributed by atoms with Gasteiger partial charge in [-0.15, -0.1) is 0 Å². The van der Waals surface area contributed by atoms with Crippen molar-refractivity contribution >= 4 is 5.78 Å². The zero-order valence-electron chi connectivity index (χ0n) is 8.84. The molecule has 0 amide bonds. The summed E-state index contributed by atoms with van der Waals surface area (Å²) < 4.78 is 42.5. The molecule has 0 saturated heterocycles. The van der Waals surface area contributed by atoms with Crippen molar-refractivity contribution in [3.05, 3.63) is 23.3 Å². The van der Waals surface area contributed by atoms with Gasteiger partial charge in [-0.25, -0.2) is 0 Å². The Kier molecular flexibility index (Phi) is 3.62. The van der Waals surface area contributed by atoms with Crippen molar-refractivity contribution < 1.29 is 27.8 Å². The number of ether oxygens (including phenoxy) is 1. The minimum absolute atomic E-state index is 0.213. The van der Waals surface area contributed by atoms with Gasteiger partial charge in [-0.1, -0.05) is 0 Å². The number of benzene rings is 1. The number of methoxy groups -OCH3 is 1. The van der Waals surface area contributed by atoms with Gasteiger partial charge in [0.25, 0.3) is 0 Å². The summed E-state index contributed by atoms with van der Waals surface area (Å²) in [6.07, 6.45) is -4.75. The number of carbonyl (C=O) groups is 1. The quantitative estimate of drug-likeness (QED) is 0.797. The first-order valence-electron chi connectivity index (χ1n) is 4.53. The number of hydrogen-bond acceptors (Lipinski definition) is 4. The third kappa shape index (κ3) is 2.50. The molecule has 0 spiro atoms. The van der Waals surface area contributed by atoms with Crippen LogP contribution in [0.15, 0.2) is 12.1 Å². The fourth-order valence-corrected chi connectivity index (χ4v) is 1.36. The number of alkyl halides is 3. The number of phenolic OH excluding ortho intramolecular Hbond substituents is 1. The molecule has 1 rings (SSSR count). The molecule has 4 nitrogen and oxygen atoms in total. The van der Waals surface area contributed by atoms with Gasteiger partial charge in [-0.05, 0) is 12.1 Å². The van der Waals surface area contributed by atoms with Gasteiger partial charge in [-0.2, -0.15) is 13.2 Å². The van der Waals surface area contributed by atoms with Crippen molar-refractivity contribution in [1.82, 2.24) is 0 Å². The van der Waals surface area contributed by atoms with Gasteiger partial charge in [0.2, 0.25) is 0 Å². The maximum atomic E-state index is 12.6. The van der Waals surface area contributed by atoms with Crippen molar-refractivity contribution in [1.29, 1.82) is 0 Å². The molecule has 0 saturated carbocycles. The summed E-state index contributed by atoms with van der Waals surface area (Å²) in [5.74, 6) is -2.07. The summed E-state index contributed by atoms with van der Waals surface area (Å²) in [6.45, 7) is -0.635. The van der Waals surface area contributed by atoms with Crippen LogP contribution in [0, 0.1) is 0 Å². The Labute approximate surface area is 94.8 Å². The molecule has 0 radical (unpaired) electrons. The highest BCUT2D eigenvalue weighted by Gasteiger charge is 2.37. The van der Waals surface area contributed by atoms with Crippen LogP contribution in [-0.2, 0) is 6.18 Å². The van der Waals surface area contributed by atoms with Crippen molar-refractivity contribution in [2.45, 2.75) is 6.18 Å². The highest BCUT2D eigenvalue weighted by atomic mass is 19.4. The zero-order valence-corrected chi connectivity index (χ0v) is 8.84. The maximum Gasteiger partial charge on any atom is 0.417 e. The van der Waals surface area contributed by atoms with Crippen LogP contribution in [-0.4, -0.2) is 24.5 Å². The fourth-order valence-electron chi connectivity index (χ4n) is 1.36. The molecule has 1 aromatic carbocycles. The number of Topliss-reactive ketones (excluding diaryl/α,β-unsaturated/α-hetero) is 1. The number of ketones is 1. The molecule has 0 fully saturated rings. The molecule has 1 aromatic rings. The van der Waals surface area contributed by atoms with E-state index >= 15 is 0 Å². The molecule has 7 heteroatoms. The van der Waals surface area contributed by atoms with Crippen molar-refractivity contribution in [2.75, 3.05) is 13.7 Å². The number of aromatic hydroxyl groups is 1. The Morgan fingerprint density at radius 1 is 1.47 bits per heavy atom. The molecular weight excluding hydrogens is 239 g/mol. The maximum absolute atomic E-state index is 12.6. The minimum atomic E-state index is -4.75. The first-order valence-corrected chi connectivity index (χ1v) is 4.53. The topological polar surface area (TPSA) is 72.5 Å². The molecule has 17 heavy (non-hydrogen) atoms. The Morgan fingerprint density at radius 2 is 2.06 bits per heavy atom. The number of halogens is 3. The van der Waals surface area contributed by atoms with E-state index in [-0.39, 0.29) is 5.75 Å². The summed E-state index contributed by atoms with van der Waals surface area (Å²) in [4.78, 5) is 11.3. The minimum Gasteiger partial charge on any atom is -0.504 e. The highest BCUT2D eigenvalue weighted by Crippen LogP contribution is 2.40. The van der Waals surface area contributed by atoms with Crippen LogP contribution in [0.25, 0.3) is 0 Å². The summed E-state index contributed by atoms with van der Waals surface area (Å²) in [7, 11) is 1.17. The van der Waals surface area contributed by atoms with Gasteiger partial charge in [0.1, 0.15) is 0 Å². The number of carbonyl (C=O) groups excluding carboxylic acids is 1. The normalized spacial score (nSPS) is 11.4. The Bertz CT molecular complexity index is 443. The third-order valence-corrected chi connectivity index (χ3v) is 2.13. The van der Waals surface area contributed by atoms with Crippen LogP contribution >= 0.6 is 0 Å². The number of nitrogens with two attached hydrogens (primary N) is 1. The average molecular weight is 249 g/mol. The second-order valence-electron chi connectivity index (χ2n) is 3.16. The summed E-state index contributed by atoms with van der Waals surface area (Å²) in [5.41, 5.74) is 2.92. The van der Waals surface area contributed by atoms with E-state index in [9.17, 15) is 23.1 Å². The lowest BCUT2D eigenvalue weighted by Crippen LogP contribution is -2.19. The Morgan fingerprint density at radius 3 is 2.47 bits per heavy atom. The van der Waals surface area contributed by atoms with Gasteiger partial charge in [0.15, 0.2) is 17.3 Å². The average Bonchev–Trinajstić information content (AvgIpc) is 2.26. The smallest absolute Gasteiger partial charge is 0.417 e. The van der Waals surface area contributed by atoms with Gasteiger partial charge in [0, 0.05) is 0 Å². The van der Waals surface area contributed by atoms with Gasteiger partial charge < -0.3 is 15.6 Å². The lowest BCUT2D eigenvalue weighted by Gasteiger charge is -2.14. The molecule has 0 bridgehead atoms. The molecule has 94 valence electrons.